The number of benzene rings is 2. The molecule has 1 amide bonds. The van der Waals surface area contributed by atoms with Crippen molar-refractivity contribution < 1.29 is 29.3 Å². The lowest BCUT2D eigenvalue weighted by molar-refractivity contribution is 0.0780. The summed E-state index contributed by atoms with van der Waals surface area (Å²) in [4.78, 5) is 34.0. The summed E-state index contributed by atoms with van der Waals surface area (Å²) in [6, 6.07) is 8.12. The van der Waals surface area contributed by atoms with E-state index in [-0.39, 0.29) is 34.5 Å². The number of phenolic OH excluding ortho intramolecular Hbond substituents is 2. The fourth-order valence-corrected chi connectivity index (χ4v) is 5.89. The average molecular weight is 547 g/mol. The molecule has 10 nitrogen and oxygen atoms in total. The lowest BCUT2D eigenvalue weighted by atomic mass is 10.1. The maximum atomic E-state index is 14.1. The number of aromatic hydroxyl groups is 2. The number of fused-ring (bicyclic) bond motifs is 2. The summed E-state index contributed by atoms with van der Waals surface area (Å²) in [5, 5.41) is 21.0. The maximum Gasteiger partial charge on any atom is 0.271 e. The number of Topliss-reactive ketones (excluding diaryl/α,β-unsaturated/α-hetero) is 1. The number of nitrogens with zero attached hydrogens (tertiary/aromatic N) is 4. The Bertz CT molecular complexity index is 1510. The Kier molecular flexibility index (Phi) is 6.89. The Morgan fingerprint density at radius 3 is 2.50 bits per heavy atom. The monoisotopic (exact) mass is 546 g/mol. The minimum absolute atomic E-state index is 0.00662. The maximum absolute atomic E-state index is 14.1. The van der Waals surface area contributed by atoms with E-state index in [1.807, 2.05) is 23.1 Å². The fourth-order valence-electron chi connectivity index (χ4n) is 5.89. The van der Waals surface area contributed by atoms with Crippen molar-refractivity contribution in [3.63, 3.8) is 0 Å². The number of hydrogen-bond acceptors (Lipinski definition) is 8. The summed E-state index contributed by atoms with van der Waals surface area (Å²) >= 11 is 0. The number of rotatable bonds is 6. The number of ether oxygens (including phenoxy) is 2. The van der Waals surface area contributed by atoms with Gasteiger partial charge in [0, 0.05) is 81.0 Å². The first kappa shape index (κ1) is 26.2. The molecule has 0 saturated carbocycles. The summed E-state index contributed by atoms with van der Waals surface area (Å²) in [5.74, 6) is -0.457. The van der Waals surface area contributed by atoms with Crippen molar-refractivity contribution in [3.8, 4) is 23.0 Å². The van der Waals surface area contributed by atoms with E-state index in [1.165, 1.54) is 6.07 Å². The van der Waals surface area contributed by atoms with Crippen LogP contribution in [0.5, 0.6) is 23.0 Å². The van der Waals surface area contributed by atoms with Crippen LogP contribution < -0.4 is 9.47 Å². The number of likely N-dealkylation sites (tertiary alicyclic amines) is 1. The summed E-state index contributed by atoms with van der Waals surface area (Å²) in [6.45, 7) is 6.70. The molecule has 3 aliphatic heterocycles. The molecule has 3 aliphatic rings. The molecule has 0 radical (unpaired) electrons. The SMILES string of the molecule is COc1ccc2c(c1)c(C=C1Oc3cc(O)cc(O)c3C1=O)c(C(=O)N1CCCC1)n2CCN1CCN(C)CC1. The van der Waals surface area contributed by atoms with Crippen molar-refractivity contribution in [2.75, 3.05) is 60.0 Å². The van der Waals surface area contributed by atoms with Crippen molar-refractivity contribution in [3.05, 3.63) is 52.9 Å². The summed E-state index contributed by atoms with van der Waals surface area (Å²) in [6.07, 6.45) is 3.50. The fraction of sp³-hybridized carbons (Fsp3) is 0.400. The molecule has 40 heavy (non-hydrogen) atoms. The topological polar surface area (TPSA) is 108 Å². The number of ketones is 1. The molecule has 10 heteroatoms. The minimum atomic E-state index is -0.506. The molecule has 4 heterocycles. The third-order valence-electron chi connectivity index (χ3n) is 8.15. The van der Waals surface area contributed by atoms with E-state index < -0.39 is 5.78 Å². The molecular weight excluding hydrogens is 512 g/mol. The van der Waals surface area contributed by atoms with E-state index in [1.54, 1.807) is 13.2 Å². The summed E-state index contributed by atoms with van der Waals surface area (Å²) < 4.78 is 13.4. The van der Waals surface area contributed by atoms with Crippen molar-refractivity contribution >= 4 is 28.7 Å². The molecule has 2 N–H and O–H groups in total. The highest BCUT2D eigenvalue weighted by atomic mass is 16.5. The molecule has 2 fully saturated rings. The van der Waals surface area contributed by atoms with Crippen LogP contribution in [0.25, 0.3) is 17.0 Å². The zero-order valence-corrected chi connectivity index (χ0v) is 22.9. The molecule has 0 unspecified atom stereocenters. The molecule has 2 aromatic carbocycles. The Balaban J connectivity index is 1.48. The van der Waals surface area contributed by atoms with E-state index in [9.17, 15) is 19.8 Å². The molecule has 3 aromatic rings. The molecular formula is C30H34N4O6. The number of amides is 1. The van der Waals surface area contributed by atoms with Crippen LogP contribution in [0.15, 0.2) is 36.1 Å². The second-order valence-electron chi connectivity index (χ2n) is 10.7. The van der Waals surface area contributed by atoms with E-state index in [2.05, 4.69) is 21.4 Å². The van der Waals surface area contributed by atoms with Gasteiger partial charge in [0.25, 0.3) is 5.91 Å². The molecule has 0 bridgehead atoms. The highest BCUT2D eigenvalue weighted by Crippen LogP contribution is 2.42. The van der Waals surface area contributed by atoms with Crippen LogP contribution in [-0.2, 0) is 6.54 Å². The zero-order chi connectivity index (χ0) is 28.0. The van der Waals surface area contributed by atoms with E-state index in [4.69, 9.17) is 9.47 Å². The molecule has 0 aliphatic carbocycles. The lowest BCUT2D eigenvalue weighted by Crippen LogP contribution is -2.45. The Morgan fingerprint density at radius 2 is 1.77 bits per heavy atom. The van der Waals surface area contributed by atoms with E-state index in [0.29, 0.717) is 36.6 Å². The number of carbonyl (C=O) groups excluding carboxylic acids is 2. The van der Waals surface area contributed by atoms with Crippen LogP contribution in [0.2, 0.25) is 0 Å². The van der Waals surface area contributed by atoms with Gasteiger partial charge < -0.3 is 34.1 Å². The highest BCUT2D eigenvalue weighted by molar-refractivity contribution is 6.18. The third kappa shape index (κ3) is 4.67. The van der Waals surface area contributed by atoms with Gasteiger partial charge in [-0.15, -0.1) is 0 Å². The number of carbonyl (C=O) groups is 2. The molecule has 1 aromatic heterocycles. The average Bonchev–Trinajstić information content (AvgIpc) is 3.65. The molecule has 210 valence electrons. The normalized spacial score (nSPS) is 19.0. The summed E-state index contributed by atoms with van der Waals surface area (Å²) in [5.41, 5.74) is 1.94. The Morgan fingerprint density at radius 1 is 1.02 bits per heavy atom. The van der Waals surface area contributed by atoms with Crippen LogP contribution >= 0.6 is 0 Å². The van der Waals surface area contributed by atoms with Gasteiger partial charge in [0.2, 0.25) is 5.78 Å². The number of piperazine rings is 1. The van der Waals surface area contributed by atoms with Gasteiger partial charge in [-0.1, -0.05) is 0 Å². The van der Waals surface area contributed by atoms with E-state index in [0.717, 1.165) is 62.5 Å². The van der Waals surface area contributed by atoms with Crippen LogP contribution in [-0.4, -0.2) is 101 Å². The zero-order valence-electron chi connectivity index (χ0n) is 22.9. The van der Waals surface area contributed by atoms with Gasteiger partial charge in [-0.25, -0.2) is 0 Å². The van der Waals surface area contributed by atoms with Crippen LogP contribution in [0.3, 0.4) is 0 Å². The third-order valence-corrected chi connectivity index (χ3v) is 8.15. The van der Waals surface area contributed by atoms with Crippen molar-refractivity contribution in [1.82, 2.24) is 19.3 Å². The predicted octanol–water partition coefficient (Wildman–Crippen LogP) is 3.16. The first-order valence-electron chi connectivity index (χ1n) is 13.7. The van der Waals surface area contributed by atoms with E-state index >= 15 is 0 Å². The Labute approximate surface area is 232 Å². The second-order valence-corrected chi connectivity index (χ2v) is 10.7. The smallest absolute Gasteiger partial charge is 0.271 e. The van der Waals surface area contributed by atoms with Gasteiger partial charge in [0.15, 0.2) is 5.76 Å². The van der Waals surface area contributed by atoms with Gasteiger partial charge in [0.05, 0.1) is 7.11 Å². The van der Waals surface area contributed by atoms with Crippen molar-refractivity contribution in [1.29, 1.82) is 0 Å². The molecule has 6 rings (SSSR count). The number of allylic oxidation sites excluding steroid dienone is 1. The summed E-state index contributed by atoms with van der Waals surface area (Å²) in [7, 11) is 3.72. The lowest BCUT2D eigenvalue weighted by Gasteiger charge is -2.32. The van der Waals surface area contributed by atoms with Gasteiger partial charge in [-0.05, 0) is 44.2 Å². The highest BCUT2D eigenvalue weighted by Gasteiger charge is 2.34. The second kappa shape index (κ2) is 10.5. The van der Waals surface area contributed by atoms with Gasteiger partial charge >= 0.3 is 0 Å². The van der Waals surface area contributed by atoms with Crippen molar-refractivity contribution in [2.45, 2.75) is 19.4 Å². The number of likely N-dealkylation sites (N-methyl/N-ethyl adjacent to an activating group) is 1. The first-order valence-corrected chi connectivity index (χ1v) is 13.7. The van der Waals surface area contributed by atoms with Gasteiger partial charge in [-0.2, -0.15) is 0 Å². The quantitative estimate of drug-likeness (QED) is 0.454. The van der Waals surface area contributed by atoms with Gasteiger partial charge in [-0.3, -0.25) is 14.5 Å². The van der Waals surface area contributed by atoms with Crippen LogP contribution in [0.1, 0.15) is 39.3 Å². The molecule has 0 atom stereocenters. The Hall–Kier alpha value is -4.02. The van der Waals surface area contributed by atoms with Crippen LogP contribution in [0.4, 0.5) is 0 Å². The number of hydrogen-bond donors (Lipinski definition) is 2. The standard InChI is InChI=1S/C30H34N4O6/c1-31-9-11-32(12-10-31)13-14-34-23-6-5-20(39-2)17-21(23)22(28(34)30(38)33-7-3-4-8-33)18-26-29(37)27-24(36)15-19(35)16-25(27)40-26/h5-6,15-18,35-36H,3-4,7-14H2,1-2H3. The molecule has 0 spiro atoms. The predicted molar refractivity (Wildman–Crippen MR) is 150 cm³/mol. The number of phenols is 2. The van der Waals surface area contributed by atoms with Crippen LogP contribution in [0, 0.1) is 0 Å². The minimum Gasteiger partial charge on any atom is -0.508 e. The first-order chi connectivity index (χ1) is 19.3. The largest absolute Gasteiger partial charge is 0.508 e. The van der Waals surface area contributed by atoms with Gasteiger partial charge in [0.1, 0.15) is 34.3 Å². The number of methoxy groups -OCH3 is 1. The number of aromatic nitrogens is 1. The molecule has 2 saturated heterocycles. The van der Waals surface area contributed by atoms with Crippen molar-refractivity contribution in [2.24, 2.45) is 0 Å².